The second kappa shape index (κ2) is 6.08. The molecule has 0 bridgehead atoms. The highest BCUT2D eigenvalue weighted by Crippen LogP contribution is 2.26. The van der Waals surface area contributed by atoms with E-state index in [4.69, 9.17) is 23.2 Å². The predicted molar refractivity (Wildman–Crippen MR) is 89.4 cm³/mol. The lowest BCUT2D eigenvalue weighted by molar-refractivity contribution is 0.754. The molecule has 0 saturated heterocycles. The predicted octanol–water partition coefficient (Wildman–Crippen LogP) is 4.83. The van der Waals surface area contributed by atoms with Gasteiger partial charge in [0.15, 0.2) is 0 Å². The lowest BCUT2D eigenvalue weighted by atomic mass is 10.1. The van der Waals surface area contributed by atoms with Gasteiger partial charge in [-0.3, -0.25) is 0 Å². The highest BCUT2D eigenvalue weighted by molar-refractivity contribution is 6.35. The highest BCUT2D eigenvalue weighted by Gasteiger charge is 2.13. The summed E-state index contributed by atoms with van der Waals surface area (Å²) >= 11 is 12.3. The van der Waals surface area contributed by atoms with Gasteiger partial charge in [0.25, 0.3) is 0 Å². The smallest absolute Gasteiger partial charge is 0.111 e. The molecular formula is C17H16Cl2N2. The van der Waals surface area contributed by atoms with Crippen LogP contribution in [0.5, 0.6) is 0 Å². The van der Waals surface area contributed by atoms with E-state index in [1.165, 1.54) is 11.1 Å². The number of rotatable bonds is 4. The first kappa shape index (κ1) is 14.4. The summed E-state index contributed by atoms with van der Waals surface area (Å²) in [4.78, 5) is 4.68. The summed E-state index contributed by atoms with van der Waals surface area (Å²) in [5.74, 6) is 1.53. The Morgan fingerprint density at radius 2 is 1.95 bits per heavy atom. The van der Waals surface area contributed by atoms with Crippen LogP contribution >= 0.6 is 23.2 Å². The van der Waals surface area contributed by atoms with E-state index in [0.717, 1.165) is 34.8 Å². The van der Waals surface area contributed by atoms with Crippen molar-refractivity contribution >= 4 is 34.2 Å². The van der Waals surface area contributed by atoms with E-state index in [-0.39, 0.29) is 0 Å². The molecule has 2 nitrogen and oxygen atoms in total. The zero-order valence-corrected chi connectivity index (χ0v) is 13.3. The lowest BCUT2D eigenvalue weighted by Gasteiger charge is -2.10. The monoisotopic (exact) mass is 318 g/mol. The Hall–Kier alpha value is -1.51. The van der Waals surface area contributed by atoms with Gasteiger partial charge in [-0.1, -0.05) is 47.5 Å². The summed E-state index contributed by atoms with van der Waals surface area (Å²) in [7, 11) is 0. The fourth-order valence-corrected chi connectivity index (χ4v) is 3.07. The Balaban J connectivity index is 2.12. The number of imidazole rings is 1. The van der Waals surface area contributed by atoms with Crippen LogP contribution in [0.15, 0.2) is 42.5 Å². The average Bonchev–Trinajstić information content (AvgIpc) is 2.79. The van der Waals surface area contributed by atoms with Gasteiger partial charge in [0, 0.05) is 18.8 Å². The van der Waals surface area contributed by atoms with Crippen molar-refractivity contribution in [1.29, 1.82) is 0 Å². The Morgan fingerprint density at radius 1 is 1.14 bits per heavy atom. The first-order valence-corrected chi connectivity index (χ1v) is 7.85. The van der Waals surface area contributed by atoms with Crippen LogP contribution in [0.4, 0.5) is 0 Å². The molecule has 0 atom stereocenters. The molecule has 0 unspecified atom stereocenters. The van der Waals surface area contributed by atoms with Crippen molar-refractivity contribution in [3.8, 4) is 0 Å². The Bertz CT molecular complexity index is 778. The molecule has 108 valence electrons. The maximum Gasteiger partial charge on any atom is 0.111 e. The van der Waals surface area contributed by atoms with Crippen molar-refractivity contribution < 1.29 is 0 Å². The van der Waals surface area contributed by atoms with E-state index in [0.29, 0.717) is 5.88 Å². The number of nitrogens with zero attached hydrogens (tertiary/aromatic N) is 2. The molecular weight excluding hydrogens is 303 g/mol. The highest BCUT2D eigenvalue weighted by atomic mass is 35.5. The second-order valence-electron chi connectivity index (χ2n) is 5.15. The number of halogens is 2. The van der Waals surface area contributed by atoms with E-state index >= 15 is 0 Å². The number of aryl methyl sites for hydroxylation is 2. The van der Waals surface area contributed by atoms with Crippen LogP contribution in [0.3, 0.4) is 0 Å². The summed E-state index contributed by atoms with van der Waals surface area (Å²) in [5, 5.41) is 0.730. The summed E-state index contributed by atoms with van der Waals surface area (Å²) in [5.41, 5.74) is 4.41. The van der Waals surface area contributed by atoms with Gasteiger partial charge in [0.1, 0.15) is 5.82 Å². The molecule has 0 aliphatic heterocycles. The molecule has 2 aromatic carbocycles. The number of benzene rings is 2. The molecule has 0 fully saturated rings. The van der Waals surface area contributed by atoms with Gasteiger partial charge < -0.3 is 4.57 Å². The molecule has 0 aliphatic rings. The first-order chi connectivity index (χ1) is 10.2. The van der Waals surface area contributed by atoms with E-state index in [1.54, 1.807) is 0 Å². The standard InChI is InChI=1S/C17H16Cl2N2/c1-12-4-2-5-13(10-12)11-21-16(8-9-18)20-15-7-3-6-14(19)17(15)21/h2-7,10H,8-9,11H2,1H3. The van der Waals surface area contributed by atoms with Crippen molar-refractivity contribution in [2.24, 2.45) is 0 Å². The molecule has 0 saturated carbocycles. The number of fused-ring (bicyclic) bond motifs is 1. The van der Waals surface area contributed by atoms with Crippen LogP contribution in [0.2, 0.25) is 5.02 Å². The number of alkyl halides is 1. The molecule has 21 heavy (non-hydrogen) atoms. The molecule has 1 heterocycles. The van der Waals surface area contributed by atoms with Crippen molar-refractivity contribution in [3.05, 3.63) is 64.4 Å². The van der Waals surface area contributed by atoms with Crippen molar-refractivity contribution in [3.63, 3.8) is 0 Å². The maximum absolute atomic E-state index is 6.38. The van der Waals surface area contributed by atoms with E-state index in [1.807, 2.05) is 18.2 Å². The minimum absolute atomic E-state index is 0.550. The van der Waals surface area contributed by atoms with Gasteiger partial charge in [-0.05, 0) is 24.6 Å². The van der Waals surface area contributed by atoms with Crippen LogP contribution in [0.1, 0.15) is 17.0 Å². The quantitative estimate of drug-likeness (QED) is 0.630. The van der Waals surface area contributed by atoms with Gasteiger partial charge >= 0.3 is 0 Å². The number of para-hydroxylation sites is 1. The normalized spacial score (nSPS) is 11.2. The van der Waals surface area contributed by atoms with Gasteiger partial charge in [-0.25, -0.2) is 4.98 Å². The Kier molecular flexibility index (Phi) is 4.18. The van der Waals surface area contributed by atoms with Crippen LogP contribution < -0.4 is 0 Å². The van der Waals surface area contributed by atoms with Gasteiger partial charge in [0.05, 0.1) is 16.1 Å². The van der Waals surface area contributed by atoms with E-state index in [2.05, 4.69) is 40.7 Å². The summed E-state index contributed by atoms with van der Waals surface area (Å²) < 4.78 is 2.18. The fraction of sp³-hybridized carbons (Fsp3) is 0.235. The summed E-state index contributed by atoms with van der Waals surface area (Å²) in [6.45, 7) is 2.86. The Morgan fingerprint density at radius 3 is 2.71 bits per heavy atom. The van der Waals surface area contributed by atoms with Crippen LogP contribution in [-0.4, -0.2) is 15.4 Å². The largest absolute Gasteiger partial charge is 0.322 e. The molecule has 0 spiro atoms. The first-order valence-electron chi connectivity index (χ1n) is 6.94. The molecule has 0 aliphatic carbocycles. The topological polar surface area (TPSA) is 17.8 Å². The summed E-state index contributed by atoms with van der Waals surface area (Å²) in [6.07, 6.45) is 0.735. The SMILES string of the molecule is Cc1cccc(Cn2c(CCCl)nc3cccc(Cl)c32)c1. The molecule has 0 amide bonds. The molecule has 0 radical (unpaired) electrons. The number of aromatic nitrogens is 2. The van der Waals surface area contributed by atoms with E-state index < -0.39 is 0 Å². The maximum atomic E-state index is 6.38. The fourth-order valence-electron chi connectivity index (χ4n) is 2.63. The van der Waals surface area contributed by atoms with Gasteiger partial charge in [0.2, 0.25) is 0 Å². The molecule has 4 heteroatoms. The number of hydrogen-bond donors (Lipinski definition) is 0. The minimum atomic E-state index is 0.550. The van der Waals surface area contributed by atoms with Crippen LogP contribution in [0, 0.1) is 6.92 Å². The zero-order valence-electron chi connectivity index (χ0n) is 11.8. The lowest BCUT2D eigenvalue weighted by Crippen LogP contribution is -2.06. The third-order valence-corrected chi connectivity index (χ3v) is 4.03. The summed E-state index contributed by atoms with van der Waals surface area (Å²) in [6, 6.07) is 14.3. The molecule has 3 aromatic rings. The van der Waals surface area contributed by atoms with Crippen LogP contribution in [0.25, 0.3) is 11.0 Å². The third-order valence-electron chi connectivity index (χ3n) is 3.54. The van der Waals surface area contributed by atoms with Crippen LogP contribution in [-0.2, 0) is 13.0 Å². The minimum Gasteiger partial charge on any atom is -0.322 e. The average molecular weight is 319 g/mol. The van der Waals surface area contributed by atoms with Crippen molar-refractivity contribution in [2.45, 2.75) is 19.9 Å². The Labute approximate surface area is 134 Å². The molecule has 3 rings (SSSR count). The van der Waals surface area contributed by atoms with Gasteiger partial charge in [-0.15, -0.1) is 11.6 Å². The zero-order chi connectivity index (χ0) is 14.8. The molecule has 0 N–H and O–H groups in total. The molecule has 1 aromatic heterocycles. The second-order valence-corrected chi connectivity index (χ2v) is 5.93. The van der Waals surface area contributed by atoms with Crippen molar-refractivity contribution in [1.82, 2.24) is 9.55 Å². The number of hydrogen-bond acceptors (Lipinski definition) is 1. The van der Waals surface area contributed by atoms with Gasteiger partial charge in [-0.2, -0.15) is 0 Å². The third kappa shape index (κ3) is 2.92. The van der Waals surface area contributed by atoms with E-state index in [9.17, 15) is 0 Å². The van der Waals surface area contributed by atoms with Crippen molar-refractivity contribution in [2.75, 3.05) is 5.88 Å².